The van der Waals surface area contributed by atoms with Gasteiger partial charge in [0, 0.05) is 21.1 Å². The maximum atomic E-state index is 13.0. The molecule has 5 rings (SSSR count). The summed E-state index contributed by atoms with van der Waals surface area (Å²) in [5, 5.41) is 7.01. The summed E-state index contributed by atoms with van der Waals surface area (Å²) in [4.78, 5) is 0.159. The minimum absolute atomic E-state index is 0.0235. The fourth-order valence-corrected chi connectivity index (χ4v) is 6.77. The maximum absolute atomic E-state index is 13.0. The van der Waals surface area contributed by atoms with Crippen molar-refractivity contribution in [3.8, 4) is 5.75 Å². The van der Waals surface area contributed by atoms with E-state index in [1.165, 1.54) is 0 Å². The van der Waals surface area contributed by atoms with Gasteiger partial charge in [0.15, 0.2) is 0 Å². The highest BCUT2D eigenvalue weighted by atomic mass is 79.9. The largest absolute Gasteiger partial charge is 0.497 e. The number of hydrazone groups is 1. The van der Waals surface area contributed by atoms with Gasteiger partial charge < -0.3 is 4.74 Å². The Hall–Kier alpha value is -3.14. The van der Waals surface area contributed by atoms with Crippen LogP contribution in [0.4, 0.5) is 11.4 Å². The SMILES string of the molecule is COc1ccc(C2CC(c3ccc(NS(=O)(=O)c4cc(Br)ccc4Br)cc3)=NN2c2ccccc2)cc1. The molecule has 1 unspecified atom stereocenters. The van der Waals surface area contributed by atoms with Crippen molar-refractivity contribution >= 4 is 59.0 Å². The van der Waals surface area contributed by atoms with E-state index in [2.05, 4.69) is 48.7 Å². The van der Waals surface area contributed by atoms with Gasteiger partial charge >= 0.3 is 0 Å². The topological polar surface area (TPSA) is 71.0 Å². The second kappa shape index (κ2) is 10.7. The first-order valence-corrected chi connectivity index (χ1v) is 14.5. The lowest BCUT2D eigenvalue weighted by Crippen LogP contribution is -2.18. The smallest absolute Gasteiger partial charge is 0.263 e. The van der Waals surface area contributed by atoms with E-state index in [-0.39, 0.29) is 10.9 Å². The van der Waals surface area contributed by atoms with E-state index in [9.17, 15) is 8.42 Å². The molecular weight excluding hydrogens is 618 g/mol. The maximum Gasteiger partial charge on any atom is 0.263 e. The number of rotatable bonds is 7. The van der Waals surface area contributed by atoms with E-state index in [1.807, 2.05) is 59.6 Å². The van der Waals surface area contributed by atoms with Crippen LogP contribution < -0.4 is 14.5 Å². The summed E-state index contributed by atoms with van der Waals surface area (Å²) in [6, 6.07) is 30.5. The van der Waals surface area contributed by atoms with Gasteiger partial charge in [0.05, 0.1) is 24.6 Å². The van der Waals surface area contributed by atoms with Crippen LogP contribution in [0.25, 0.3) is 0 Å². The van der Waals surface area contributed by atoms with Gasteiger partial charge in [-0.15, -0.1) is 0 Å². The van der Waals surface area contributed by atoms with Gasteiger partial charge in [0.1, 0.15) is 10.6 Å². The lowest BCUT2D eigenvalue weighted by molar-refractivity contribution is 0.414. The number of hydrogen-bond donors (Lipinski definition) is 1. The van der Waals surface area contributed by atoms with Crippen LogP contribution in [0.5, 0.6) is 5.75 Å². The molecule has 0 fully saturated rings. The first-order chi connectivity index (χ1) is 17.8. The molecular formula is C28H23Br2N3O3S. The molecule has 6 nitrogen and oxygen atoms in total. The Balaban J connectivity index is 1.41. The van der Waals surface area contributed by atoms with Crippen molar-refractivity contribution in [1.29, 1.82) is 0 Å². The van der Waals surface area contributed by atoms with Crippen molar-refractivity contribution in [2.24, 2.45) is 5.10 Å². The molecule has 188 valence electrons. The van der Waals surface area contributed by atoms with Crippen LogP contribution in [0.15, 0.2) is 116 Å². The number of nitrogens with one attached hydrogen (secondary N) is 1. The Morgan fingerprint density at radius 3 is 2.30 bits per heavy atom. The third-order valence-electron chi connectivity index (χ3n) is 6.08. The number of nitrogens with zero attached hydrogens (tertiary/aromatic N) is 2. The van der Waals surface area contributed by atoms with Crippen LogP contribution in [0.2, 0.25) is 0 Å². The zero-order chi connectivity index (χ0) is 26.0. The first kappa shape index (κ1) is 25.5. The van der Waals surface area contributed by atoms with E-state index in [0.29, 0.717) is 21.1 Å². The molecule has 0 aliphatic carbocycles. The zero-order valence-electron chi connectivity index (χ0n) is 19.8. The fourth-order valence-electron chi connectivity index (χ4n) is 4.21. The van der Waals surface area contributed by atoms with Crippen LogP contribution >= 0.6 is 31.9 Å². The molecule has 0 spiro atoms. The Morgan fingerprint density at radius 1 is 0.919 bits per heavy atom. The molecule has 1 atom stereocenters. The van der Waals surface area contributed by atoms with Gasteiger partial charge in [-0.2, -0.15) is 5.10 Å². The minimum atomic E-state index is -3.77. The molecule has 0 saturated carbocycles. The zero-order valence-corrected chi connectivity index (χ0v) is 23.8. The number of halogens is 2. The summed E-state index contributed by atoms with van der Waals surface area (Å²) in [7, 11) is -2.11. The quantitative estimate of drug-likeness (QED) is 0.229. The second-order valence-corrected chi connectivity index (χ2v) is 11.9. The van der Waals surface area contributed by atoms with Crippen LogP contribution in [-0.4, -0.2) is 21.2 Å². The van der Waals surface area contributed by atoms with Crippen molar-refractivity contribution in [3.05, 3.63) is 117 Å². The number of benzene rings is 4. The van der Waals surface area contributed by atoms with Gasteiger partial charge in [0.25, 0.3) is 10.0 Å². The van der Waals surface area contributed by atoms with Crippen LogP contribution in [0.1, 0.15) is 23.6 Å². The van der Waals surface area contributed by atoms with Gasteiger partial charge in [-0.3, -0.25) is 9.73 Å². The van der Waals surface area contributed by atoms with E-state index in [0.717, 1.165) is 28.3 Å². The number of ether oxygens (including phenoxy) is 1. The molecule has 1 aliphatic heterocycles. The van der Waals surface area contributed by atoms with E-state index >= 15 is 0 Å². The molecule has 4 aromatic rings. The molecule has 0 saturated heterocycles. The Bertz CT molecular complexity index is 1540. The molecule has 1 aliphatic rings. The van der Waals surface area contributed by atoms with Crippen molar-refractivity contribution in [1.82, 2.24) is 0 Å². The van der Waals surface area contributed by atoms with Gasteiger partial charge in [0.2, 0.25) is 0 Å². The summed E-state index contributed by atoms with van der Waals surface area (Å²) in [6.07, 6.45) is 0.706. The number of methoxy groups -OCH3 is 1. The van der Waals surface area contributed by atoms with Gasteiger partial charge in [-0.05, 0) is 81.7 Å². The highest BCUT2D eigenvalue weighted by molar-refractivity contribution is 9.11. The lowest BCUT2D eigenvalue weighted by atomic mass is 9.98. The Morgan fingerprint density at radius 2 is 1.62 bits per heavy atom. The van der Waals surface area contributed by atoms with E-state index in [4.69, 9.17) is 9.84 Å². The van der Waals surface area contributed by atoms with Crippen molar-refractivity contribution in [2.75, 3.05) is 16.8 Å². The summed E-state index contributed by atoms with van der Waals surface area (Å²) >= 11 is 6.66. The van der Waals surface area contributed by atoms with E-state index in [1.54, 1.807) is 37.4 Å². The van der Waals surface area contributed by atoms with Crippen LogP contribution in [0, 0.1) is 0 Å². The van der Waals surface area contributed by atoms with Gasteiger partial charge in [-0.1, -0.05) is 58.4 Å². The number of hydrogen-bond acceptors (Lipinski definition) is 5. The standard InChI is InChI=1S/C28H23Br2N3O3S/c1-36-24-14-9-20(10-15-24)27-18-26(31-33(27)23-5-3-2-4-6-23)19-7-12-22(13-8-19)32-37(34,35)28-17-21(29)11-16-25(28)30/h2-17,27,32H,18H2,1H3. The molecule has 1 N–H and O–H groups in total. The third-order valence-corrected chi connectivity index (χ3v) is 8.95. The third kappa shape index (κ3) is 5.58. The predicted octanol–water partition coefficient (Wildman–Crippen LogP) is 7.38. The van der Waals surface area contributed by atoms with Gasteiger partial charge in [-0.25, -0.2) is 8.42 Å². The molecule has 1 heterocycles. The molecule has 0 aromatic heterocycles. The van der Waals surface area contributed by atoms with Crippen molar-refractivity contribution in [2.45, 2.75) is 17.4 Å². The number of anilines is 2. The number of sulfonamides is 1. The minimum Gasteiger partial charge on any atom is -0.497 e. The van der Waals surface area contributed by atoms with Crippen LogP contribution in [-0.2, 0) is 10.0 Å². The Kier molecular flexibility index (Phi) is 7.37. The molecule has 0 bridgehead atoms. The molecule has 0 radical (unpaired) electrons. The average Bonchev–Trinajstić information content (AvgIpc) is 3.36. The average molecular weight is 641 g/mol. The molecule has 37 heavy (non-hydrogen) atoms. The summed E-state index contributed by atoms with van der Waals surface area (Å²) in [6.45, 7) is 0. The summed E-state index contributed by atoms with van der Waals surface area (Å²) < 4.78 is 35.1. The Labute approximate surface area is 233 Å². The summed E-state index contributed by atoms with van der Waals surface area (Å²) in [5.74, 6) is 0.807. The van der Waals surface area contributed by atoms with Crippen molar-refractivity contribution < 1.29 is 13.2 Å². The van der Waals surface area contributed by atoms with Crippen molar-refractivity contribution in [3.63, 3.8) is 0 Å². The summed E-state index contributed by atoms with van der Waals surface area (Å²) in [5.41, 5.74) is 4.47. The lowest BCUT2D eigenvalue weighted by Gasteiger charge is -2.24. The normalized spacial score (nSPS) is 15.4. The predicted molar refractivity (Wildman–Crippen MR) is 155 cm³/mol. The van der Waals surface area contributed by atoms with Crippen LogP contribution in [0.3, 0.4) is 0 Å². The molecule has 4 aromatic carbocycles. The highest BCUT2D eigenvalue weighted by Crippen LogP contribution is 2.37. The number of para-hydroxylation sites is 1. The molecule has 0 amide bonds. The fraction of sp³-hybridized carbons (Fsp3) is 0.107. The van der Waals surface area contributed by atoms with E-state index < -0.39 is 10.0 Å². The monoisotopic (exact) mass is 639 g/mol. The highest BCUT2D eigenvalue weighted by Gasteiger charge is 2.30. The molecule has 9 heteroatoms. The first-order valence-electron chi connectivity index (χ1n) is 11.5. The second-order valence-electron chi connectivity index (χ2n) is 8.48.